The quantitative estimate of drug-likeness (QED) is 0.483. The Kier molecular flexibility index (Phi) is 6.56. The first-order chi connectivity index (χ1) is 14.3. The molecular weight excluding hydrogens is 388 g/mol. The van der Waals surface area contributed by atoms with Gasteiger partial charge in [-0.1, -0.05) is 0 Å². The fourth-order valence-electron chi connectivity index (χ4n) is 3.71. The molecule has 1 aliphatic rings. The van der Waals surface area contributed by atoms with E-state index in [1.807, 2.05) is 7.05 Å². The maximum absolute atomic E-state index is 12.1. The lowest BCUT2D eigenvalue weighted by molar-refractivity contribution is -0.384. The van der Waals surface area contributed by atoms with E-state index in [0.29, 0.717) is 5.82 Å². The van der Waals surface area contributed by atoms with Gasteiger partial charge < -0.3 is 9.80 Å². The van der Waals surface area contributed by atoms with Crippen molar-refractivity contribution in [2.24, 2.45) is 14.1 Å². The number of nitrogens with zero attached hydrogens (tertiary/aromatic N) is 6. The predicted octanol–water partition coefficient (Wildman–Crippen LogP) is 0.641. The first-order valence-corrected chi connectivity index (χ1v) is 9.98. The van der Waals surface area contributed by atoms with Crippen molar-refractivity contribution in [1.82, 2.24) is 14.0 Å². The Morgan fingerprint density at radius 3 is 2.27 bits per heavy atom. The van der Waals surface area contributed by atoms with Gasteiger partial charge in [0.25, 0.3) is 11.2 Å². The highest BCUT2D eigenvalue weighted by atomic mass is 16.6. The lowest BCUT2D eigenvalue weighted by atomic mass is 10.2. The third-order valence-electron chi connectivity index (χ3n) is 5.67. The van der Waals surface area contributed by atoms with Crippen molar-refractivity contribution in [2.75, 3.05) is 56.1 Å². The zero-order chi connectivity index (χ0) is 21.8. The summed E-state index contributed by atoms with van der Waals surface area (Å²) in [5.74, 6) is 0.667. The van der Waals surface area contributed by atoms with E-state index in [1.165, 1.54) is 29.8 Å². The van der Waals surface area contributed by atoms with Crippen LogP contribution < -0.4 is 21.0 Å². The number of non-ortho nitro benzene ring substituents is 1. The summed E-state index contributed by atoms with van der Waals surface area (Å²) in [6, 6.07) is 8.11. The number of nitro benzene ring substituents is 1. The smallest absolute Gasteiger partial charge is 0.332 e. The molecule has 162 valence electrons. The Hall–Kier alpha value is -3.14. The molecule has 0 N–H and O–H groups in total. The molecule has 10 heteroatoms. The van der Waals surface area contributed by atoms with Crippen LogP contribution in [0.1, 0.15) is 6.42 Å². The normalized spacial score (nSPS) is 14.7. The van der Waals surface area contributed by atoms with Gasteiger partial charge in [0.15, 0.2) is 0 Å². The second-order valence-corrected chi connectivity index (χ2v) is 7.62. The van der Waals surface area contributed by atoms with Crippen LogP contribution >= 0.6 is 0 Å². The maximum Gasteiger partial charge on any atom is 0.332 e. The van der Waals surface area contributed by atoms with Crippen molar-refractivity contribution in [3.63, 3.8) is 0 Å². The minimum absolute atomic E-state index is 0.0961. The van der Waals surface area contributed by atoms with Gasteiger partial charge in [-0.15, -0.1) is 0 Å². The number of aromatic nitrogens is 2. The minimum atomic E-state index is -0.394. The van der Waals surface area contributed by atoms with E-state index in [0.717, 1.165) is 55.9 Å². The fraction of sp³-hybridized carbons (Fsp3) is 0.500. The van der Waals surface area contributed by atoms with E-state index < -0.39 is 4.92 Å². The summed E-state index contributed by atoms with van der Waals surface area (Å²) in [7, 11) is 5.16. The number of rotatable bonds is 7. The lowest BCUT2D eigenvalue weighted by Gasteiger charge is -2.36. The van der Waals surface area contributed by atoms with Crippen LogP contribution in [-0.2, 0) is 14.1 Å². The van der Waals surface area contributed by atoms with Crippen LogP contribution in [0.3, 0.4) is 0 Å². The highest BCUT2D eigenvalue weighted by Crippen LogP contribution is 2.18. The number of piperazine rings is 1. The van der Waals surface area contributed by atoms with Crippen LogP contribution in [0.5, 0.6) is 0 Å². The highest BCUT2D eigenvalue weighted by Gasteiger charge is 2.20. The number of hydrogen-bond acceptors (Lipinski definition) is 7. The summed E-state index contributed by atoms with van der Waals surface area (Å²) in [6.07, 6.45) is 0.970. The minimum Gasteiger partial charge on any atom is -0.375 e. The molecule has 0 atom stereocenters. The number of nitro groups is 1. The molecule has 0 aliphatic carbocycles. The number of anilines is 2. The standard InChI is InChI=1S/C20H28N6O4/c1-21(16-5-7-17(8-6-16)26(29)30)9-4-10-24-11-13-25(14-12-24)18-15-19(27)23(3)20(28)22(18)2/h5-8,15H,4,9-14H2,1-3H3. The van der Waals surface area contributed by atoms with Gasteiger partial charge in [-0.05, 0) is 25.1 Å². The molecule has 0 saturated carbocycles. The summed E-state index contributed by atoms with van der Waals surface area (Å²) in [5, 5.41) is 10.8. The largest absolute Gasteiger partial charge is 0.375 e. The molecule has 30 heavy (non-hydrogen) atoms. The molecule has 0 bridgehead atoms. The molecule has 2 aromatic rings. The maximum atomic E-state index is 12.1. The van der Waals surface area contributed by atoms with Gasteiger partial charge in [-0.3, -0.25) is 28.9 Å². The Morgan fingerprint density at radius 2 is 1.67 bits per heavy atom. The van der Waals surface area contributed by atoms with Gasteiger partial charge in [0.05, 0.1) is 4.92 Å². The van der Waals surface area contributed by atoms with Crippen LogP contribution in [0.4, 0.5) is 17.2 Å². The molecule has 10 nitrogen and oxygen atoms in total. The first kappa shape index (κ1) is 21.6. The molecule has 0 amide bonds. The van der Waals surface area contributed by atoms with Gasteiger partial charge in [-0.25, -0.2) is 4.79 Å². The molecule has 1 aromatic carbocycles. The van der Waals surface area contributed by atoms with Crippen LogP contribution in [0.25, 0.3) is 0 Å². The van der Waals surface area contributed by atoms with Gasteiger partial charge in [0, 0.05) is 77.8 Å². The van der Waals surface area contributed by atoms with Crippen molar-refractivity contribution >= 4 is 17.2 Å². The average molecular weight is 416 g/mol. The monoisotopic (exact) mass is 416 g/mol. The molecule has 0 radical (unpaired) electrons. The van der Waals surface area contributed by atoms with Crippen molar-refractivity contribution in [1.29, 1.82) is 0 Å². The van der Waals surface area contributed by atoms with Crippen molar-refractivity contribution in [3.05, 3.63) is 61.3 Å². The SMILES string of the molecule is CN(CCCN1CCN(c2cc(=O)n(C)c(=O)n2C)CC1)c1ccc([N+](=O)[O-])cc1. The van der Waals surface area contributed by atoms with E-state index in [2.05, 4.69) is 14.7 Å². The predicted molar refractivity (Wildman–Crippen MR) is 117 cm³/mol. The third kappa shape index (κ3) is 4.70. The molecule has 1 aromatic heterocycles. The van der Waals surface area contributed by atoms with Crippen molar-refractivity contribution in [3.8, 4) is 0 Å². The van der Waals surface area contributed by atoms with Gasteiger partial charge in [0.1, 0.15) is 5.82 Å². The second-order valence-electron chi connectivity index (χ2n) is 7.62. The van der Waals surface area contributed by atoms with E-state index in [4.69, 9.17) is 0 Å². The molecule has 2 heterocycles. The summed E-state index contributed by atoms with van der Waals surface area (Å²) in [4.78, 5) is 41.0. The number of hydrogen-bond donors (Lipinski definition) is 0. The van der Waals surface area contributed by atoms with Gasteiger partial charge in [0.2, 0.25) is 0 Å². The fourth-order valence-corrected chi connectivity index (χ4v) is 3.71. The Morgan fingerprint density at radius 1 is 1.03 bits per heavy atom. The van der Waals surface area contributed by atoms with Crippen LogP contribution in [-0.4, -0.2) is 65.3 Å². The lowest BCUT2D eigenvalue weighted by Crippen LogP contribution is -2.49. The zero-order valence-corrected chi connectivity index (χ0v) is 17.7. The Balaban J connectivity index is 1.48. The highest BCUT2D eigenvalue weighted by molar-refractivity contribution is 5.50. The Labute approximate surface area is 174 Å². The van der Waals surface area contributed by atoms with Crippen molar-refractivity contribution in [2.45, 2.75) is 6.42 Å². The van der Waals surface area contributed by atoms with Crippen molar-refractivity contribution < 1.29 is 4.92 Å². The Bertz CT molecular complexity index is 1010. The summed E-state index contributed by atoms with van der Waals surface area (Å²) >= 11 is 0. The van der Waals surface area contributed by atoms with E-state index in [9.17, 15) is 19.7 Å². The summed E-state index contributed by atoms with van der Waals surface area (Å²) < 4.78 is 2.64. The third-order valence-corrected chi connectivity index (χ3v) is 5.67. The summed E-state index contributed by atoms with van der Waals surface area (Å²) in [6.45, 7) is 5.05. The molecule has 0 unspecified atom stereocenters. The van der Waals surface area contributed by atoms with E-state index >= 15 is 0 Å². The molecule has 1 aliphatic heterocycles. The van der Waals surface area contributed by atoms with E-state index in [1.54, 1.807) is 19.2 Å². The second kappa shape index (κ2) is 9.12. The molecule has 1 fully saturated rings. The van der Waals surface area contributed by atoms with Gasteiger partial charge >= 0.3 is 5.69 Å². The zero-order valence-electron chi connectivity index (χ0n) is 17.7. The number of benzene rings is 1. The topological polar surface area (TPSA) is 96.9 Å². The molecular formula is C20H28N6O4. The first-order valence-electron chi connectivity index (χ1n) is 9.98. The van der Waals surface area contributed by atoms with Gasteiger partial charge in [-0.2, -0.15) is 0 Å². The van der Waals surface area contributed by atoms with E-state index in [-0.39, 0.29) is 16.9 Å². The average Bonchev–Trinajstić information content (AvgIpc) is 2.75. The molecule has 1 saturated heterocycles. The molecule has 3 rings (SSSR count). The van der Waals surface area contributed by atoms with Crippen LogP contribution in [0.15, 0.2) is 39.9 Å². The summed E-state index contributed by atoms with van der Waals surface area (Å²) in [5.41, 5.74) is 0.454. The van der Waals surface area contributed by atoms with Crippen LogP contribution in [0, 0.1) is 10.1 Å². The molecule has 0 spiro atoms. The van der Waals surface area contributed by atoms with Crippen LogP contribution in [0.2, 0.25) is 0 Å².